The Balaban J connectivity index is 3.87. The molecular weight excluding hydrogens is 168 g/mol. The van der Waals surface area contributed by atoms with Gasteiger partial charge in [-0.15, -0.1) is 6.58 Å². The van der Waals surface area contributed by atoms with Crippen LogP contribution >= 0.6 is 0 Å². The van der Waals surface area contributed by atoms with Gasteiger partial charge in [-0.2, -0.15) is 0 Å². The second-order valence-corrected chi connectivity index (χ2v) is 2.22. The highest BCUT2D eigenvalue weighted by Gasteiger charge is 1.96. The van der Waals surface area contributed by atoms with E-state index in [1.54, 1.807) is 13.0 Å². The lowest BCUT2D eigenvalue weighted by atomic mass is 10.2. The van der Waals surface area contributed by atoms with E-state index >= 15 is 0 Å². The van der Waals surface area contributed by atoms with Gasteiger partial charge in [0.15, 0.2) is 0 Å². The van der Waals surface area contributed by atoms with Crippen LogP contribution in [0.2, 0.25) is 0 Å². The van der Waals surface area contributed by atoms with Crippen LogP contribution in [0.1, 0.15) is 19.8 Å². The van der Waals surface area contributed by atoms with Crippen LogP contribution in [0, 0.1) is 11.8 Å². The Labute approximate surface area is 77.8 Å². The maximum atomic E-state index is 10.9. The number of ketones is 1. The first-order valence-electron chi connectivity index (χ1n) is 4.03. The highest BCUT2D eigenvalue weighted by Crippen LogP contribution is 1.89. The zero-order valence-electron chi connectivity index (χ0n) is 7.63. The summed E-state index contributed by atoms with van der Waals surface area (Å²) in [6.07, 6.45) is 2.51. The van der Waals surface area contributed by atoms with E-state index in [1.807, 2.05) is 0 Å². The summed E-state index contributed by atoms with van der Waals surface area (Å²) in [6, 6.07) is 0. The first kappa shape index (κ1) is 11.4. The topological polar surface area (TPSA) is 43.4 Å². The minimum Gasteiger partial charge on any atom is -0.456 e. The van der Waals surface area contributed by atoms with Gasteiger partial charge in [-0.1, -0.05) is 6.08 Å². The third-order valence-electron chi connectivity index (χ3n) is 1.15. The molecule has 0 unspecified atom stereocenters. The minimum absolute atomic E-state index is 0.270. The summed E-state index contributed by atoms with van der Waals surface area (Å²) in [5.74, 6) is 3.36. The molecule has 0 aromatic heterocycles. The minimum atomic E-state index is -0.658. The largest absolute Gasteiger partial charge is 0.456 e. The fourth-order valence-electron chi connectivity index (χ4n) is 0.584. The van der Waals surface area contributed by atoms with E-state index in [0.29, 0.717) is 12.8 Å². The molecule has 0 radical (unpaired) electrons. The van der Waals surface area contributed by atoms with Gasteiger partial charge in [-0.05, 0) is 19.3 Å². The summed E-state index contributed by atoms with van der Waals surface area (Å²) in [5, 5.41) is 0. The number of Topliss-reactive ketones (excluding diaryl/α,β-unsaturated/α-hetero) is 1. The van der Waals surface area contributed by atoms with Crippen LogP contribution < -0.4 is 0 Å². The van der Waals surface area contributed by atoms with Gasteiger partial charge in [0.25, 0.3) is 0 Å². The van der Waals surface area contributed by atoms with Crippen molar-refractivity contribution >= 4 is 11.8 Å². The van der Waals surface area contributed by atoms with Crippen LogP contribution in [0.4, 0.5) is 0 Å². The van der Waals surface area contributed by atoms with Crippen LogP contribution in [-0.4, -0.2) is 18.4 Å². The van der Waals surface area contributed by atoms with Crippen LogP contribution in [0.25, 0.3) is 0 Å². The smallest absolute Gasteiger partial charge is 0.384 e. The first-order valence-corrected chi connectivity index (χ1v) is 4.03. The molecule has 3 heteroatoms. The number of hydrogen-bond acceptors (Lipinski definition) is 3. The maximum absolute atomic E-state index is 10.9. The molecule has 0 N–H and O–H groups in total. The summed E-state index contributed by atoms with van der Waals surface area (Å²) in [6.45, 7) is 5.42. The average molecular weight is 180 g/mol. The van der Waals surface area contributed by atoms with Gasteiger partial charge < -0.3 is 4.74 Å². The van der Waals surface area contributed by atoms with E-state index in [9.17, 15) is 9.59 Å². The Morgan fingerprint density at radius 3 is 2.69 bits per heavy atom. The maximum Gasteiger partial charge on any atom is 0.384 e. The number of allylic oxidation sites excluding steroid dienone is 1. The molecule has 0 heterocycles. The van der Waals surface area contributed by atoms with Crippen molar-refractivity contribution in [2.45, 2.75) is 19.8 Å². The standard InChI is InChI=1S/C10H12O3/c1-3-5-6-9(11)7-8-10(12)13-4-2/h3H,1,4-6H2,2H3. The second kappa shape index (κ2) is 7.11. The van der Waals surface area contributed by atoms with Crippen LogP contribution in [0.5, 0.6) is 0 Å². The third kappa shape index (κ3) is 6.82. The molecule has 0 saturated heterocycles. The number of carbonyl (C=O) groups is 2. The molecule has 70 valence electrons. The molecule has 13 heavy (non-hydrogen) atoms. The van der Waals surface area contributed by atoms with Crippen LogP contribution in [0.15, 0.2) is 12.7 Å². The van der Waals surface area contributed by atoms with E-state index in [1.165, 1.54) is 0 Å². The number of ether oxygens (including phenoxy) is 1. The van der Waals surface area contributed by atoms with E-state index in [0.717, 1.165) is 0 Å². The van der Waals surface area contributed by atoms with Crippen molar-refractivity contribution in [2.24, 2.45) is 0 Å². The van der Waals surface area contributed by atoms with Gasteiger partial charge >= 0.3 is 5.97 Å². The Hall–Kier alpha value is -1.56. The molecule has 0 aliphatic rings. The first-order chi connectivity index (χ1) is 6.20. The van der Waals surface area contributed by atoms with Gasteiger partial charge in [-0.25, -0.2) is 4.79 Å². The quantitative estimate of drug-likeness (QED) is 0.214. The number of esters is 1. The van der Waals surface area contributed by atoms with Crippen molar-refractivity contribution in [3.05, 3.63) is 12.7 Å². The van der Waals surface area contributed by atoms with Crippen molar-refractivity contribution < 1.29 is 14.3 Å². The molecule has 0 aromatic carbocycles. The van der Waals surface area contributed by atoms with Crippen molar-refractivity contribution in [3.63, 3.8) is 0 Å². The fourth-order valence-corrected chi connectivity index (χ4v) is 0.584. The number of rotatable bonds is 4. The van der Waals surface area contributed by atoms with E-state index in [4.69, 9.17) is 0 Å². The molecule has 0 saturated carbocycles. The van der Waals surface area contributed by atoms with Gasteiger partial charge in [0.2, 0.25) is 5.78 Å². The second-order valence-electron chi connectivity index (χ2n) is 2.22. The van der Waals surface area contributed by atoms with E-state index < -0.39 is 5.97 Å². The summed E-state index contributed by atoms with van der Waals surface area (Å²) >= 11 is 0. The van der Waals surface area contributed by atoms with E-state index in [2.05, 4.69) is 23.2 Å². The molecular formula is C10H12O3. The Kier molecular flexibility index (Phi) is 6.26. The lowest BCUT2D eigenvalue weighted by Crippen LogP contribution is -2.01. The van der Waals surface area contributed by atoms with Crippen molar-refractivity contribution in [3.8, 4) is 11.8 Å². The van der Waals surface area contributed by atoms with Gasteiger partial charge in [0.1, 0.15) is 0 Å². The highest BCUT2D eigenvalue weighted by molar-refractivity contribution is 6.01. The fraction of sp³-hybridized carbons (Fsp3) is 0.400. The summed E-state index contributed by atoms with van der Waals surface area (Å²) in [7, 11) is 0. The highest BCUT2D eigenvalue weighted by atomic mass is 16.5. The summed E-state index contributed by atoms with van der Waals surface area (Å²) in [5.41, 5.74) is 0. The SMILES string of the molecule is C=CCCC(=O)C#CC(=O)OCC. The van der Waals surface area contributed by atoms with Crippen molar-refractivity contribution in [2.75, 3.05) is 6.61 Å². The average Bonchev–Trinajstić information content (AvgIpc) is 2.12. The van der Waals surface area contributed by atoms with Gasteiger partial charge in [-0.3, -0.25) is 4.79 Å². The number of hydrogen-bond donors (Lipinski definition) is 0. The Bertz CT molecular complexity index is 255. The monoisotopic (exact) mass is 180 g/mol. The Morgan fingerprint density at radius 1 is 1.46 bits per heavy atom. The normalized spacial score (nSPS) is 8.08. The molecule has 0 amide bonds. The molecule has 0 spiro atoms. The lowest BCUT2D eigenvalue weighted by Gasteiger charge is -1.90. The molecule has 0 aromatic rings. The summed E-state index contributed by atoms with van der Waals surface area (Å²) in [4.78, 5) is 21.5. The third-order valence-corrected chi connectivity index (χ3v) is 1.15. The van der Waals surface area contributed by atoms with Crippen molar-refractivity contribution in [1.29, 1.82) is 0 Å². The summed E-state index contributed by atoms with van der Waals surface area (Å²) < 4.78 is 4.51. The van der Waals surface area contributed by atoms with Gasteiger partial charge in [0, 0.05) is 12.3 Å². The molecule has 0 atom stereocenters. The van der Waals surface area contributed by atoms with Crippen molar-refractivity contribution in [1.82, 2.24) is 0 Å². The predicted molar refractivity (Wildman–Crippen MR) is 48.8 cm³/mol. The lowest BCUT2D eigenvalue weighted by molar-refractivity contribution is -0.136. The van der Waals surface area contributed by atoms with Crippen LogP contribution in [0.3, 0.4) is 0 Å². The molecule has 0 aliphatic heterocycles. The molecule has 0 fully saturated rings. The zero-order valence-corrected chi connectivity index (χ0v) is 7.63. The predicted octanol–water partition coefficient (Wildman–Crippen LogP) is 1.09. The van der Waals surface area contributed by atoms with E-state index in [-0.39, 0.29) is 12.4 Å². The molecule has 0 rings (SSSR count). The molecule has 3 nitrogen and oxygen atoms in total. The zero-order chi connectivity index (χ0) is 10.1. The molecule has 0 bridgehead atoms. The molecule has 0 aliphatic carbocycles. The number of carbonyl (C=O) groups excluding carboxylic acids is 2. The van der Waals surface area contributed by atoms with Gasteiger partial charge in [0.05, 0.1) is 6.61 Å². The Morgan fingerprint density at radius 2 is 2.15 bits per heavy atom. The van der Waals surface area contributed by atoms with Crippen LogP contribution in [-0.2, 0) is 14.3 Å².